The number of carbonyl (C=O) groups is 1. The largest absolute Gasteiger partial charge is 0.358 e. The number of nitrogens with one attached hydrogen (secondary N) is 1. The first-order chi connectivity index (χ1) is 9.24. The third-order valence-corrected chi connectivity index (χ3v) is 3.16. The maximum absolute atomic E-state index is 11.9. The second-order valence-corrected chi connectivity index (χ2v) is 4.53. The fourth-order valence-corrected chi connectivity index (χ4v) is 2.25. The molecule has 0 bridgehead atoms. The first kappa shape index (κ1) is 11.9. The van der Waals surface area contributed by atoms with E-state index in [1.54, 1.807) is 12.4 Å². The fourth-order valence-electron chi connectivity index (χ4n) is 2.25. The molecule has 1 saturated heterocycles. The normalized spacial score (nSPS) is 23.3. The van der Waals surface area contributed by atoms with Crippen molar-refractivity contribution < 1.29 is 9.53 Å². The van der Waals surface area contributed by atoms with Crippen molar-refractivity contribution in [2.24, 2.45) is 0 Å². The monoisotopic (exact) mass is 258 g/mol. The number of hydrogen-bond acceptors (Lipinski definition) is 5. The van der Waals surface area contributed by atoms with E-state index in [2.05, 4.69) is 22.1 Å². The lowest BCUT2D eigenvalue weighted by Crippen LogP contribution is -2.43. The molecule has 6 heteroatoms. The predicted octanol–water partition coefficient (Wildman–Crippen LogP) is 0.599. The lowest BCUT2D eigenvalue weighted by atomic mass is 10.1. The molecule has 1 amide bonds. The molecule has 0 radical (unpaired) electrons. The van der Waals surface area contributed by atoms with E-state index in [1.807, 2.05) is 17.2 Å². The van der Waals surface area contributed by atoms with E-state index >= 15 is 0 Å². The summed E-state index contributed by atoms with van der Waals surface area (Å²) in [4.78, 5) is 13.9. The van der Waals surface area contributed by atoms with E-state index in [0.717, 1.165) is 24.2 Å². The van der Waals surface area contributed by atoms with Gasteiger partial charge in [-0.05, 0) is 18.1 Å². The van der Waals surface area contributed by atoms with Crippen molar-refractivity contribution >= 4 is 11.6 Å². The van der Waals surface area contributed by atoms with Gasteiger partial charge in [-0.2, -0.15) is 10.2 Å². The molecule has 0 aromatic carbocycles. The molecule has 1 aromatic heterocycles. The van der Waals surface area contributed by atoms with E-state index in [1.165, 1.54) is 0 Å². The van der Waals surface area contributed by atoms with Crippen LogP contribution in [0.4, 0.5) is 5.69 Å². The Balaban J connectivity index is 1.76. The highest BCUT2D eigenvalue weighted by atomic mass is 16.5. The van der Waals surface area contributed by atoms with Crippen LogP contribution in [-0.2, 0) is 9.53 Å². The van der Waals surface area contributed by atoms with Crippen LogP contribution in [0.25, 0.3) is 0 Å². The van der Waals surface area contributed by atoms with Crippen LogP contribution in [0.1, 0.15) is 6.42 Å². The van der Waals surface area contributed by atoms with Crippen molar-refractivity contribution in [2.75, 3.05) is 18.1 Å². The Bertz CT molecular complexity index is 541. The summed E-state index contributed by atoms with van der Waals surface area (Å²) in [6.45, 7) is 4.87. The molecule has 1 aromatic rings. The van der Waals surface area contributed by atoms with Gasteiger partial charge in [0.2, 0.25) is 0 Å². The quantitative estimate of drug-likeness (QED) is 0.841. The molecular formula is C13H14N4O2. The number of aromatic nitrogens is 2. The lowest BCUT2D eigenvalue weighted by Gasteiger charge is -2.24. The Morgan fingerprint density at radius 1 is 1.47 bits per heavy atom. The van der Waals surface area contributed by atoms with Gasteiger partial charge in [0.15, 0.2) is 6.10 Å². The van der Waals surface area contributed by atoms with Crippen LogP contribution < -0.4 is 10.2 Å². The Hall–Kier alpha value is -2.21. The SMILES string of the molecule is C=C1COC(C2=CN(c3ccnnc3)CC2)C(=O)N1. The van der Waals surface area contributed by atoms with Crippen LogP contribution in [0.3, 0.4) is 0 Å². The maximum atomic E-state index is 11.9. The van der Waals surface area contributed by atoms with Crippen molar-refractivity contribution in [3.63, 3.8) is 0 Å². The van der Waals surface area contributed by atoms with E-state index in [9.17, 15) is 4.79 Å². The molecule has 0 aliphatic carbocycles. The third kappa shape index (κ3) is 2.34. The molecule has 0 spiro atoms. The molecule has 3 heterocycles. The zero-order chi connectivity index (χ0) is 13.2. The highest BCUT2D eigenvalue weighted by molar-refractivity contribution is 5.86. The van der Waals surface area contributed by atoms with Crippen molar-refractivity contribution in [1.29, 1.82) is 0 Å². The minimum Gasteiger partial charge on any atom is -0.358 e. The Morgan fingerprint density at radius 3 is 3.11 bits per heavy atom. The number of nitrogens with zero attached hydrogens (tertiary/aromatic N) is 3. The molecule has 1 unspecified atom stereocenters. The summed E-state index contributed by atoms with van der Waals surface area (Å²) in [5.74, 6) is -0.141. The smallest absolute Gasteiger partial charge is 0.257 e. The zero-order valence-corrected chi connectivity index (χ0v) is 10.4. The molecule has 2 aliphatic heterocycles. The number of morpholine rings is 1. The van der Waals surface area contributed by atoms with E-state index < -0.39 is 6.10 Å². The van der Waals surface area contributed by atoms with Gasteiger partial charge < -0.3 is 15.0 Å². The topological polar surface area (TPSA) is 67.3 Å². The number of ether oxygens (including phenoxy) is 1. The number of anilines is 1. The van der Waals surface area contributed by atoms with Crippen molar-refractivity contribution in [3.8, 4) is 0 Å². The van der Waals surface area contributed by atoms with Crippen LogP contribution in [0.15, 0.2) is 42.5 Å². The molecule has 1 atom stereocenters. The molecule has 6 nitrogen and oxygen atoms in total. The van der Waals surface area contributed by atoms with Crippen molar-refractivity contribution in [1.82, 2.24) is 15.5 Å². The molecular weight excluding hydrogens is 244 g/mol. The van der Waals surface area contributed by atoms with Gasteiger partial charge in [-0.1, -0.05) is 6.58 Å². The van der Waals surface area contributed by atoms with Gasteiger partial charge in [0.05, 0.1) is 24.7 Å². The van der Waals surface area contributed by atoms with E-state index in [4.69, 9.17) is 4.74 Å². The van der Waals surface area contributed by atoms with Crippen LogP contribution >= 0.6 is 0 Å². The lowest BCUT2D eigenvalue weighted by molar-refractivity contribution is -0.132. The minimum absolute atomic E-state index is 0.141. The molecule has 0 saturated carbocycles. The number of carbonyl (C=O) groups excluding carboxylic acids is 1. The minimum atomic E-state index is -0.509. The van der Waals surface area contributed by atoms with Gasteiger partial charge in [-0.15, -0.1) is 0 Å². The molecule has 1 N–H and O–H groups in total. The Labute approximate surface area is 110 Å². The average Bonchev–Trinajstić information content (AvgIpc) is 2.89. The highest BCUT2D eigenvalue weighted by Gasteiger charge is 2.31. The number of rotatable bonds is 2. The Kier molecular flexibility index (Phi) is 3.00. The molecule has 3 rings (SSSR count). The van der Waals surface area contributed by atoms with Gasteiger partial charge in [-0.3, -0.25) is 4.79 Å². The van der Waals surface area contributed by atoms with Gasteiger partial charge in [0, 0.05) is 18.4 Å². The van der Waals surface area contributed by atoms with Gasteiger partial charge >= 0.3 is 0 Å². The van der Waals surface area contributed by atoms with Gasteiger partial charge in [0.1, 0.15) is 0 Å². The number of hydrogen-bond donors (Lipinski definition) is 1. The summed E-state index contributed by atoms with van der Waals surface area (Å²) in [6.07, 6.45) is 5.59. The highest BCUT2D eigenvalue weighted by Crippen LogP contribution is 2.26. The summed E-state index contributed by atoms with van der Waals surface area (Å²) in [6, 6.07) is 1.89. The molecule has 98 valence electrons. The van der Waals surface area contributed by atoms with Gasteiger partial charge in [-0.25, -0.2) is 0 Å². The summed E-state index contributed by atoms with van der Waals surface area (Å²) in [5.41, 5.74) is 2.54. The zero-order valence-electron chi connectivity index (χ0n) is 10.4. The second kappa shape index (κ2) is 4.81. The summed E-state index contributed by atoms with van der Waals surface area (Å²) >= 11 is 0. The van der Waals surface area contributed by atoms with Crippen LogP contribution in [-0.4, -0.2) is 35.4 Å². The first-order valence-electron chi connectivity index (χ1n) is 6.08. The standard InChI is InChI=1S/C13H14N4O2/c1-9-8-19-12(13(18)16-9)10-3-5-17(7-10)11-2-4-14-15-6-11/h2,4,6-7,12H,1,3,5,8H2,(H,16,18). The Morgan fingerprint density at radius 2 is 2.37 bits per heavy atom. The predicted molar refractivity (Wildman–Crippen MR) is 69.1 cm³/mol. The first-order valence-corrected chi connectivity index (χ1v) is 6.08. The average molecular weight is 258 g/mol. The summed E-state index contributed by atoms with van der Waals surface area (Å²) in [5, 5.41) is 10.3. The third-order valence-electron chi connectivity index (χ3n) is 3.16. The molecule has 19 heavy (non-hydrogen) atoms. The molecule has 1 fully saturated rings. The van der Waals surface area contributed by atoms with Crippen LogP contribution in [0, 0.1) is 0 Å². The summed E-state index contributed by atoms with van der Waals surface area (Å²) < 4.78 is 5.54. The second-order valence-electron chi connectivity index (χ2n) is 4.53. The number of amides is 1. The van der Waals surface area contributed by atoms with Crippen LogP contribution in [0.2, 0.25) is 0 Å². The van der Waals surface area contributed by atoms with Crippen molar-refractivity contribution in [3.05, 3.63) is 42.5 Å². The van der Waals surface area contributed by atoms with Crippen LogP contribution in [0.5, 0.6) is 0 Å². The fraction of sp³-hybridized carbons (Fsp3) is 0.308. The maximum Gasteiger partial charge on any atom is 0.257 e. The molecule has 2 aliphatic rings. The van der Waals surface area contributed by atoms with Crippen molar-refractivity contribution in [2.45, 2.75) is 12.5 Å². The van der Waals surface area contributed by atoms with E-state index in [-0.39, 0.29) is 5.91 Å². The van der Waals surface area contributed by atoms with E-state index in [0.29, 0.717) is 12.3 Å². The summed E-state index contributed by atoms with van der Waals surface area (Å²) in [7, 11) is 0. The van der Waals surface area contributed by atoms with Gasteiger partial charge in [0.25, 0.3) is 5.91 Å².